The third kappa shape index (κ3) is 5.47. The molecule has 0 aliphatic carbocycles. The van der Waals surface area contributed by atoms with Crippen LogP contribution >= 0.6 is 11.6 Å². The number of hydrogen-bond acceptors (Lipinski definition) is 4. The van der Waals surface area contributed by atoms with Gasteiger partial charge in [0.1, 0.15) is 0 Å². The second kappa shape index (κ2) is 8.51. The summed E-state index contributed by atoms with van der Waals surface area (Å²) in [5.74, 6) is -0.0808. The molecule has 2 aromatic carbocycles. The van der Waals surface area contributed by atoms with Gasteiger partial charge in [0.25, 0.3) is 5.91 Å². The summed E-state index contributed by atoms with van der Waals surface area (Å²) in [7, 11) is -3.40. The Morgan fingerprint density at radius 1 is 1.07 bits per heavy atom. The molecule has 6 nitrogen and oxygen atoms in total. The summed E-state index contributed by atoms with van der Waals surface area (Å²) >= 11 is 5.93. The van der Waals surface area contributed by atoms with Crippen LogP contribution in [0.3, 0.4) is 0 Å². The SMILES string of the molecule is Cc1ccc(C(=O)N2CCN(Cc3ccc(Cl)cc3)CC2)cc1NS(C)(=O)=O. The Hall–Kier alpha value is -2.09. The Morgan fingerprint density at radius 2 is 1.71 bits per heavy atom. The van der Waals surface area contributed by atoms with Crippen LogP contribution in [0.1, 0.15) is 21.5 Å². The average Bonchev–Trinajstić information content (AvgIpc) is 2.64. The minimum atomic E-state index is -3.40. The van der Waals surface area contributed by atoms with Gasteiger partial charge in [0.15, 0.2) is 0 Å². The van der Waals surface area contributed by atoms with Crippen molar-refractivity contribution in [1.82, 2.24) is 9.80 Å². The molecular weight excluding hydrogens is 398 g/mol. The van der Waals surface area contributed by atoms with E-state index in [9.17, 15) is 13.2 Å². The zero-order chi connectivity index (χ0) is 20.3. The van der Waals surface area contributed by atoms with Crippen molar-refractivity contribution >= 4 is 33.2 Å². The van der Waals surface area contributed by atoms with Crippen molar-refractivity contribution in [2.45, 2.75) is 13.5 Å². The molecule has 2 aromatic rings. The summed E-state index contributed by atoms with van der Waals surface area (Å²) in [6, 6.07) is 12.9. The molecule has 1 amide bonds. The summed E-state index contributed by atoms with van der Waals surface area (Å²) in [6.45, 7) is 5.47. The first-order valence-electron chi connectivity index (χ1n) is 9.06. The van der Waals surface area contributed by atoms with Crippen molar-refractivity contribution in [3.05, 3.63) is 64.2 Å². The first-order chi connectivity index (χ1) is 13.2. The molecule has 0 atom stereocenters. The van der Waals surface area contributed by atoms with E-state index in [1.54, 1.807) is 25.1 Å². The first kappa shape index (κ1) is 20.6. The number of carbonyl (C=O) groups is 1. The number of benzene rings is 2. The monoisotopic (exact) mass is 421 g/mol. The van der Waals surface area contributed by atoms with Gasteiger partial charge >= 0.3 is 0 Å². The highest BCUT2D eigenvalue weighted by Gasteiger charge is 2.23. The first-order valence-corrected chi connectivity index (χ1v) is 11.3. The molecule has 150 valence electrons. The fourth-order valence-electron chi connectivity index (χ4n) is 3.20. The number of amides is 1. The van der Waals surface area contributed by atoms with Crippen LogP contribution in [0, 0.1) is 6.92 Å². The van der Waals surface area contributed by atoms with E-state index >= 15 is 0 Å². The minimum absolute atomic E-state index is 0.0808. The number of hydrogen-bond donors (Lipinski definition) is 1. The summed E-state index contributed by atoms with van der Waals surface area (Å²) < 4.78 is 25.5. The van der Waals surface area contributed by atoms with Crippen LogP contribution in [0.25, 0.3) is 0 Å². The van der Waals surface area contributed by atoms with E-state index in [-0.39, 0.29) is 5.91 Å². The molecule has 0 spiro atoms. The van der Waals surface area contributed by atoms with Crippen LogP contribution in [0.2, 0.25) is 5.02 Å². The maximum absolute atomic E-state index is 12.8. The van der Waals surface area contributed by atoms with Gasteiger partial charge in [-0.05, 0) is 42.3 Å². The Kier molecular flexibility index (Phi) is 6.27. The van der Waals surface area contributed by atoms with Crippen LogP contribution in [0.15, 0.2) is 42.5 Å². The number of rotatable bonds is 5. The number of aryl methyl sites for hydroxylation is 1. The number of anilines is 1. The van der Waals surface area contributed by atoms with E-state index < -0.39 is 10.0 Å². The normalized spacial score (nSPS) is 15.5. The molecule has 0 radical (unpaired) electrons. The lowest BCUT2D eigenvalue weighted by Gasteiger charge is -2.35. The molecule has 1 aliphatic heterocycles. The van der Waals surface area contributed by atoms with E-state index in [4.69, 9.17) is 11.6 Å². The maximum atomic E-state index is 12.8. The third-order valence-electron chi connectivity index (χ3n) is 4.76. The van der Waals surface area contributed by atoms with Gasteiger partial charge in [-0.15, -0.1) is 0 Å². The topological polar surface area (TPSA) is 69.7 Å². The molecule has 0 saturated carbocycles. The van der Waals surface area contributed by atoms with Gasteiger partial charge < -0.3 is 4.90 Å². The lowest BCUT2D eigenvalue weighted by atomic mass is 10.1. The number of carbonyl (C=O) groups excluding carboxylic acids is 1. The molecule has 28 heavy (non-hydrogen) atoms. The Labute approximate surface area is 171 Å². The van der Waals surface area contributed by atoms with Crippen molar-refractivity contribution < 1.29 is 13.2 Å². The van der Waals surface area contributed by atoms with Crippen molar-refractivity contribution in [2.24, 2.45) is 0 Å². The fraction of sp³-hybridized carbons (Fsp3) is 0.350. The number of sulfonamides is 1. The van der Waals surface area contributed by atoms with E-state index in [1.165, 1.54) is 5.56 Å². The maximum Gasteiger partial charge on any atom is 0.254 e. The van der Waals surface area contributed by atoms with Gasteiger partial charge in [-0.25, -0.2) is 8.42 Å². The molecule has 0 bridgehead atoms. The second-order valence-electron chi connectivity index (χ2n) is 7.10. The molecule has 3 rings (SSSR count). The van der Waals surface area contributed by atoms with Gasteiger partial charge in [-0.3, -0.25) is 14.4 Å². The highest BCUT2D eigenvalue weighted by molar-refractivity contribution is 7.92. The summed E-state index contributed by atoms with van der Waals surface area (Å²) in [4.78, 5) is 17.0. The van der Waals surface area contributed by atoms with Crippen LogP contribution in [0.4, 0.5) is 5.69 Å². The summed E-state index contributed by atoms with van der Waals surface area (Å²) in [6.07, 6.45) is 1.10. The van der Waals surface area contributed by atoms with Gasteiger partial charge in [0.05, 0.1) is 11.9 Å². The molecule has 1 fully saturated rings. The van der Waals surface area contributed by atoms with Gasteiger partial charge in [0.2, 0.25) is 10.0 Å². The van der Waals surface area contributed by atoms with Crippen LogP contribution in [-0.4, -0.2) is 56.6 Å². The van der Waals surface area contributed by atoms with E-state index in [0.29, 0.717) is 24.3 Å². The predicted molar refractivity (Wildman–Crippen MR) is 112 cm³/mol. The van der Waals surface area contributed by atoms with Crippen molar-refractivity contribution in [3.8, 4) is 0 Å². The zero-order valence-electron chi connectivity index (χ0n) is 16.0. The Bertz CT molecular complexity index is 953. The van der Waals surface area contributed by atoms with Gasteiger partial charge in [0, 0.05) is 43.3 Å². The molecule has 1 heterocycles. The molecule has 0 aromatic heterocycles. The predicted octanol–water partition coefficient (Wildman–Crippen LogP) is 2.98. The molecule has 8 heteroatoms. The highest BCUT2D eigenvalue weighted by Crippen LogP contribution is 2.20. The summed E-state index contributed by atoms with van der Waals surface area (Å²) in [5, 5.41) is 0.724. The quantitative estimate of drug-likeness (QED) is 0.805. The highest BCUT2D eigenvalue weighted by atomic mass is 35.5. The van der Waals surface area contributed by atoms with E-state index in [2.05, 4.69) is 9.62 Å². The minimum Gasteiger partial charge on any atom is -0.336 e. The van der Waals surface area contributed by atoms with Crippen LogP contribution in [-0.2, 0) is 16.6 Å². The average molecular weight is 422 g/mol. The second-order valence-corrected chi connectivity index (χ2v) is 9.28. The molecular formula is C20H24ClN3O3S. The van der Waals surface area contributed by atoms with Gasteiger partial charge in [-0.1, -0.05) is 29.8 Å². The standard InChI is InChI=1S/C20H24ClN3O3S/c1-15-3-6-17(13-19(15)22-28(2,26)27)20(25)24-11-9-23(10-12-24)14-16-4-7-18(21)8-5-16/h3-8,13,22H,9-12,14H2,1-2H3. The number of halogens is 1. The number of nitrogens with one attached hydrogen (secondary N) is 1. The van der Waals surface area contributed by atoms with Crippen LogP contribution < -0.4 is 4.72 Å². The largest absolute Gasteiger partial charge is 0.336 e. The lowest BCUT2D eigenvalue weighted by Crippen LogP contribution is -2.48. The smallest absolute Gasteiger partial charge is 0.254 e. The van der Waals surface area contributed by atoms with E-state index in [0.717, 1.165) is 36.5 Å². The zero-order valence-corrected chi connectivity index (χ0v) is 17.6. The van der Waals surface area contributed by atoms with Crippen LogP contribution in [0.5, 0.6) is 0 Å². The molecule has 1 aliphatic rings. The van der Waals surface area contributed by atoms with Crippen molar-refractivity contribution in [1.29, 1.82) is 0 Å². The molecule has 1 N–H and O–H groups in total. The van der Waals surface area contributed by atoms with E-state index in [1.807, 2.05) is 29.2 Å². The Balaban J connectivity index is 1.62. The molecule has 1 saturated heterocycles. The number of nitrogens with zero attached hydrogens (tertiary/aromatic N) is 2. The van der Waals surface area contributed by atoms with Crippen molar-refractivity contribution in [3.63, 3.8) is 0 Å². The molecule has 0 unspecified atom stereocenters. The van der Waals surface area contributed by atoms with Gasteiger partial charge in [-0.2, -0.15) is 0 Å². The number of piperazine rings is 1. The summed E-state index contributed by atoms with van der Waals surface area (Å²) in [5.41, 5.74) is 2.89. The third-order valence-corrected chi connectivity index (χ3v) is 5.60. The Morgan fingerprint density at radius 3 is 2.32 bits per heavy atom. The lowest BCUT2D eigenvalue weighted by molar-refractivity contribution is 0.0628. The fourth-order valence-corrected chi connectivity index (χ4v) is 3.95. The van der Waals surface area contributed by atoms with Crippen molar-refractivity contribution in [2.75, 3.05) is 37.2 Å².